The molecule has 0 saturated heterocycles. The van der Waals surface area contributed by atoms with E-state index >= 15 is 0 Å². The van der Waals surface area contributed by atoms with Crippen LogP contribution in [-0.4, -0.2) is 6.21 Å². The molecule has 21 heavy (non-hydrogen) atoms. The molecule has 0 saturated carbocycles. The van der Waals surface area contributed by atoms with Crippen molar-refractivity contribution in [2.75, 3.05) is 0 Å². The van der Waals surface area contributed by atoms with E-state index in [2.05, 4.69) is 43.1 Å². The fourth-order valence-corrected chi connectivity index (χ4v) is 2.54. The lowest BCUT2D eigenvalue weighted by Crippen LogP contribution is -1.93. The third kappa shape index (κ3) is 4.33. The van der Waals surface area contributed by atoms with Crippen LogP contribution in [0.4, 0.5) is 0 Å². The Morgan fingerprint density at radius 3 is 2.24 bits per heavy atom. The summed E-state index contributed by atoms with van der Waals surface area (Å²) in [5, 5.41) is 1.37. The summed E-state index contributed by atoms with van der Waals surface area (Å²) < 4.78 is 0. The minimum absolute atomic E-state index is 0.0269. The van der Waals surface area contributed by atoms with Gasteiger partial charge in [-0.15, -0.1) is 0 Å². The Bertz CT molecular complexity index is 630. The van der Waals surface area contributed by atoms with E-state index in [-0.39, 0.29) is 6.04 Å². The second kappa shape index (κ2) is 7.11. The van der Waals surface area contributed by atoms with Gasteiger partial charge in [-0.25, -0.2) is 0 Å². The van der Waals surface area contributed by atoms with Gasteiger partial charge < -0.3 is 0 Å². The van der Waals surface area contributed by atoms with Crippen molar-refractivity contribution < 1.29 is 0 Å². The van der Waals surface area contributed by atoms with Gasteiger partial charge in [-0.2, -0.15) is 0 Å². The number of hydrogen-bond acceptors (Lipinski definition) is 1. The van der Waals surface area contributed by atoms with Crippen molar-refractivity contribution in [2.24, 2.45) is 4.99 Å². The summed E-state index contributed by atoms with van der Waals surface area (Å²) in [5.41, 5.74) is 3.36. The molecule has 1 nitrogen and oxygen atoms in total. The monoisotopic (exact) mass is 319 g/mol. The van der Waals surface area contributed by atoms with Gasteiger partial charge in [0.1, 0.15) is 0 Å². The maximum atomic E-state index is 6.20. The van der Waals surface area contributed by atoms with Crippen molar-refractivity contribution in [3.05, 3.63) is 69.2 Å². The third-order valence-electron chi connectivity index (χ3n) is 3.46. The van der Waals surface area contributed by atoms with Gasteiger partial charge in [0.25, 0.3) is 0 Å². The zero-order chi connectivity index (χ0) is 15.4. The van der Waals surface area contributed by atoms with E-state index in [4.69, 9.17) is 23.2 Å². The quantitative estimate of drug-likeness (QED) is 0.586. The average molecular weight is 320 g/mol. The van der Waals surface area contributed by atoms with E-state index in [1.165, 1.54) is 5.56 Å². The summed E-state index contributed by atoms with van der Waals surface area (Å²) in [4.78, 5) is 4.57. The standard InChI is InChI=1S/C18H19Cl2N/c1-12(2)15-6-4-14(5-7-15)11-21-13(3)17-10-16(19)8-9-18(17)20/h4-13H,1-3H3/b21-11-. The molecule has 3 heteroatoms. The lowest BCUT2D eigenvalue weighted by molar-refractivity contribution is 0.825. The minimum atomic E-state index is -0.0269. The van der Waals surface area contributed by atoms with E-state index in [9.17, 15) is 0 Å². The number of aliphatic imine (C=N–C) groups is 1. The Morgan fingerprint density at radius 1 is 0.952 bits per heavy atom. The van der Waals surface area contributed by atoms with E-state index in [1.54, 1.807) is 6.07 Å². The minimum Gasteiger partial charge on any atom is -0.285 e. The van der Waals surface area contributed by atoms with Crippen LogP contribution in [0.1, 0.15) is 49.4 Å². The lowest BCUT2D eigenvalue weighted by atomic mass is 10.0. The van der Waals surface area contributed by atoms with Crippen LogP contribution in [-0.2, 0) is 0 Å². The van der Waals surface area contributed by atoms with Crippen LogP contribution in [0.15, 0.2) is 47.5 Å². The van der Waals surface area contributed by atoms with Crippen LogP contribution in [0.25, 0.3) is 0 Å². The van der Waals surface area contributed by atoms with Gasteiger partial charge in [-0.3, -0.25) is 4.99 Å². The van der Waals surface area contributed by atoms with Crippen molar-refractivity contribution in [3.8, 4) is 0 Å². The molecule has 0 spiro atoms. The highest BCUT2D eigenvalue weighted by atomic mass is 35.5. The number of benzene rings is 2. The SMILES string of the molecule is CC(C)c1ccc(/C=N\C(C)c2cc(Cl)ccc2Cl)cc1. The fraction of sp³-hybridized carbons (Fsp3) is 0.278. The number of nitrogens with zero attached hydrogens (tertiary/aromatic N) is 1. The third-order valence-corrected chi connectivity index (χ3v) is 4.04. The number of hydrogen-bond donors (Lipinski definition) is 0. The molecule has 0 fully saturated rings. The Labute approximate surface area is 136 Å². The molecule has 2 rings (SSSR count). The van der Waals surface area contributed by atoms with Gasteiger partial charge in [-0.05, 0) is 47.7 Å². The summed E-state index contributed by atoms with van der Waals surface area (Å²) in [6.07, 6.45) is 1.88. The molecular weight excluding hydrogens is 301 g/mol. The highest BCUT2D eigenvalue weighted by molar-refractivity contribution is 6.33. The Hall–Kier alpha value is -1.31. The van der Waals surface area contributed by atoms with Crippen molar-refractivity contribution in [1.29, 1.82) is 0 Å². The highest BCUT2D eigenvalue weighted by Gasteiger charge is 2.08. The average Bonchev–Trinajstić information content (AvgIpc) is 2.47. The normalized spacial score (nSPS) is 13.0. The first kappa shape index (κ1) is 16.1. The van der Waals surface area contributed by atoms with Crippen LogP contribution in [0.3, 0.4) is 0 Å². The molecule has 0 aliphatic heterocycles. The predicted molar refractivity (Wildman–Crippen MR) is 93.0 cm³/mol. The summed E-state index contributed by atoms with van der Waals surface area (Å²) in [5.74, 6) is 0.542. The van der Waals surface area contributed by atoms with E-state index in [0.29, 0.717) is 16.0 Å². The largest absolute Gasteiger partial charge is 0.285 e. The van der Waals surface area contributed by atoms with Crippen LogP contribution in [0.2, 0.25) is 10.0 Å². The first-order valence-corrected chi connectivity index (χ1v) is 7.81. The van der Waals surface area contributed by atoms with Crippen molar-refractivity contribution in [2.45, 2.75) is 32.7 Å². The lowest BCUT2D eigenvalue weighted by Gasteiger charge is -2.09. The number of rotatable bonds is 4. The topological polar surface area (TPSA) is 12.4 Å². The molecule has 110 valence electrons. The summed E-state index contributed by atoms with van der Waals surface area (Å²) in [7, 11) is 0. The zero-order valence-electron chi connectivity index (χ0n) is 12.5. The first-order valence-electron chi connectivity index (χ1n) is 7.05. The van der Waals surface area contributed by atoms with Crippen molar-refractivity contribution in [1.82, 2.24) is 0 Å². The summed E-state index contributed by atoms with van der Waals surface area (Å²) in [6.45, 7) is 6.38. The maximum absolute atomic E-state index is 6.20. The van der Waals surface area contributed by atoms with Gasteiger partial charge in [0.05, 0.1) is 6.04 Å². The molecule has 0 aromatic heterocycles. The van der Waals surface area contributed by atoms with Crippen LogP contribution >= 0.6 is 23.2 Å². The summed E-state index contributed by atoms with van der Waals surface area (Å²) >= 11 is 12.2. The van der Waals surface area contributed by atoms with Crippen molar-refractivity contribution in [3.63, 3.8) is 0 Å². The van der Waals surface area contributed by atoms with Crippen LogP contribution in [0.5, 0.6) is 0 Å². The molecule has 0 bridgehead atoms. The second-order valence-electron chi connectivity index (χ2n) is 5.44. The molecule has 0 aliphatic carbocycles. The van der Waals surface area contributed by atoms with E-state index in [1.807, 2.05) is 25.3 Å². The van der Waals surface area contributed by atoms with Gasteiger partial charge in [-0.1, -0.05) is 61.3 Å². The van der Waals surface area contributed by atoms with E-state index in [0.717, 1.165) is 11.1 Å². The van der Waals surface area contributed by atoms with Crippen LogP contribution in [0, 0.1) is 0 Å². The first-order chi connectivity index (χ1) is 9.97. The molecule has 2 aromatic carbocycles. The van der Waals surface area contributed by atoms with E-state index < -0.39 is 0 Å². The zero-order valence-corrected chi connectivity index (χ0v) is 14.0. The molecular formula is C18H19Cl2N. The van der Waals surface area contributed by atoms with Gasteiger partial charge in [0, 0.05) is 16.3 Å². The Morgan fingerprint density at radius 2 is 1.62 bits per heavy atom. The van der Waals surface area contributed by atoms with Crippen LogP contribution < -0.4 is 0 Å². The predicted octanol–water partition coefficient (Wildman–Crippen LogP) is 6.30. The molecule has 2 aromatic rings. The highest BCUT2D eigenvalue weighted by Crippen LogP contribution is 2.28. The van der Waals surface area contributed by atoms with Crippen molar-refractivity contribution >= 4 is 29.4 Å². The molecule has 1 unspecified atom stereocenters. The molecule has 1 atom stereocenters. The molecule has 0 aliphatic rings. The Balaban J connectivity index is 2.14. The fourth-order valence-electron chi connectivity index (χ4n) is 2.08. The number of halogens is 2. The van der Waals surface area contributed by atoms with Gasteiger partial charge in [0.15, 0.2) is 0 Å². The summed E-state index contributed by atoms with van der Waals surface area (Å²) in [6, 6.07) is 13.9. The molecule has 0 N–H and O–H groups in total. The Kier molecular flexibility index (Phi) is 5.44. The second-order valence-corrected chi connectivity index (χ2v) is 6.28. The van der Waals surface area contributed by atoms with Gasteiger partial charge >= 0.3 is 0 Å². The maximum Gasteiger partial charge on any atom is 0.0736 e. The smallest absolute Gasteiger partial charge is 0.0736 e. The molecule has 0 amide bonds. The van der Waals surface area contributed by atoms with Gasteiger partial charge in [0.2, 0.25) is 0 Å². The molecule has 0 heterocycles. The molecule has 0 radical (unpaired) electrons.